The Morgan fingerprint density at radius 2 is 1.88 bits per heavy atom. The monoisotopic (exact) mass is 368 g/mol. The number of ether oxygens (including phenoxy) is 2. The molecule has 1 atom stereocenters. The van der Waals surface area contributed by atoms with Gasteiger partial charge in [-0.05, 0) is 49.8 Å². The Morgan fingerprint density at radius 1 is 1.16 bits per heavy atom. The molecule has 0 saturated carbocycles. The van der Waals surface area contributed by atoms with Crippen molar-refractivity contribution in [2.45, 2.75) is 50.9 Å². The molecule has 5 nitrogen and oxygen atoms in total. The Bertz CT molecular complexity index is 524. The van der Waals surface area contributed by atoms with Crippen molar-refractivity contribution in [2.75, 3.05) is 26.3 Å². The number of benzene rings is 1. The van der Waals surface area contributed by atoms with Crippen LogP contribution in [-0.2, 0) is 16.0 Å². The Hall–Kier alpha value is -1.14. The molecule has 25 heavy (non-hydrogen) atoms. The number of amides is 1. The van der Waals surface area contributed by atoms with Crippen LogP contribution in [0.5, 0.6) is 0 Å². The summed E-state index contributed by atoms with van der Waals surface area (Å²) in [6.45, 7) is 3.58. The molecule has 1 aromatic rings. The van der Waals surface area contributed by atoms with Crippen LogP contribution in [0.2, 0.25) is 0 Å². The van der Waals surface area contributed by atoms with Crippen molar-refractivity contribution in [2.24, 2.45) is 5.73 Å². The molecule has 6 heteroatoms. The van der Waals surface area contributed by atoms with Crippen molar-refractivity contribution in [3.8, 4) is 0 Å². The molecule has 2 aliphatic rings. The maximum atomic E-state index is 12.5. The second kappa shape index (κ2) is 10.1. The highest BCUT2D eigenvalue weighted by molar-refractivity contribution is 5.94. The highest BCUT2D eigenvalue weighted by atomic mass is 35.5. The third-order valence-electron chi connectivity index (χ3n) is 4.96. The predicted molar refractivity (Wildman–Crippen MR) is 100 cm³/mol. The summed E-state index contributed by atoms with van der Waals surface area (Å²) in [7, 11) is 0. The summed E-state index contributed by atoms with van der Waals surface area (Å²) in [4.78, 5) is 14.5. The molecule has 0 radical (unpaired) electrons. The van der Waals surface area contributed by atoms with E-state index in [0.29, 0.717) is 13.2 Å². The minimum atomic E-state index is 0. The van der Waals surface area contributed by atoms with Crippen LogP contribution in [0.25, 0.3) is 0 Å². The van der Waals surface area contributed by atoms with E-state index >= 15 is 0 Å². The lowest BCUT2D eigenvalue weighted by atomic mass is 10.0. The smallest absolute Gasteiger partial charge is 0.253 e. The minimum absolute atomic E-state index is 0. The van der Waals surface area contributed by atoms with Gasteiger partial charge in [0.05, 0.1) is 18.8 Å². The van der Waals surface area contributed by atoms with Gasteiger partial charge in [-0.15, -0.1) is 12.4 Å². The summed E-state index contributed by atoms with van der Waals surface area (Å²) >= 11 is 0. The van der Waals surface area contributed by atoms with E-state index in [1.807, 2.05) is 29.2 Å². The highest BCUT2D eigenvalue weighted by Gasteiger charge is 2.25. The summed E-state index contributed by atoms with van der Waals surface area (Å²) in [5.74, 6) is 0.104. The summed E-state index contributed by atoms with van der Waals surface area (Å²) in [6, 6.07) is 7.58. The summed E-state index contributed by atoms with van der Waals surface area (Å²) < 4.78 is 11.7. The maximum Gasteiger partial charge on any atom is 0.253 e. The number of carbonyl (C=O) groups excluding carboxylic acids is 1. The number of hydrogen-bond donors (Lipinski definition) is 1. The van der Waals surface area contributed by atoms with Crippen LogP contribution in [0.4, 0.5) is 0 Å². The largest absolute Gasteiger partial charge is 0.376 e. The van der Waals surface area contributed by atoms with Crippen LogP contribution in [0.3, 0.4) is 0 Å². The topological polar surface area (TPSA) is 64.8 Å². The van der Waals surface area contributed by atoms with Gasteiger partial charge < -0.3 is 20.1 Å². The predicted octanol–water partition coefficient (Wildman–Crippen LogP) is 2.76. The Balaban J connectivity index is 0.00000225. The fourth-order valence-corrected chi connectivity index (χ4v) is 3.37. The summed E-state index contributed by atoms with van der Waals surface area (Å²) in [5, 5.41) is 0. The molecule has 2 aliphatic heterocycles. The van der Waals surface area contributed by atoms with E-state index in [1.165, 1.54) is 12.8 Å². The zero-order valence-electron chi connectivity index (χ0n) is 14.7. The van der Waals surface area contributed by atoms with Crippen LogP contribution < -0.4 is 5.73 Å². The molecule has 1 amide bonds. The van der Waals surface area contributed by atoms with Crippen molar-refractivity contribution in [3.63, 3.8) is 0 Å². The molecule has 1 unspecified atom stereocenters. The van der Waals surface area contributed by atoms with Crippen LogP contribution >= 0.6 is 12.4 Å². The highest BCUT2D eigenvalue weighted by Crippen LogP contribution is 2.19. The number of nitrogens with zero attached hydrogens (tertiary/aromatic N) is 1. The van der Waals surface area contributed by atoms with Gasteiger partial charge in [0, 0.05) is 31.8 Å². The molecule has 3 rings (SSSR count). The lowest BCUT2D eigenvalue weighted by Gasteiger charge is -2.33. The summed E-state index contributed by atoms with van der Waals surface area (Å²) in [5.41, 5.74) is 7.38. The lowest BCUT2D eigenvalue weighted by molar-refractivity contribution is -0.0733. The van der Waals surface area contributed by atoms with Gasteiger partial charge in [0.15, 0.2) is 0 Å². The molecule has 1 aromatic carbocycles. The van der Waals surface area contributed by atoms with Crippen molar-refractivity contribution >= 4 is 18.3 Å². The van der Waals surface area contributed by atoms with Crippen molar-refractivity contribution in [1.82, 2.24) is 4.90 Å². The van der Waals surface area contributed by atoms with E-state index in [2.05, 4.69) is 0 Å². The first-order valence-corrected chi connectivity index (χ1v) is 9.08. The number of nitrogens with two attached hydrogens (primary N) is 1. The number of hydrogen-bond acceptors (Lipinski definition) is 4. The van der Waals surface area contributed by atoms with Gasteiger partial charge in [-0.25, -0.2) is 0 Å². The SMILES string of the molecule is Cl.NCc1ccc(C(=O)N2CCC(OCC3CCCCO3)CC2)cc1. The Kier molecular flexibility index (Phi) is 8.16. The normalized spacial score (nSPS) is 21.6. The van der Waals surface area contributed by atoms with Gasteiger partial charge in [-0.1, -0.05) is 12.1 Å². The Morgan fingerprint density at radius 3 is 2.48 bits per heavy atom. The van der Waals surface area contributed by atoms with E-state index in [9.17, 15) is 4.79 Å². The lowest BCUT2D eigenvalue weighted by Crippen LogP contribution is -2.41. The third kappa shape index (κ3) is 5.68. The fourth-order valence-electron chi connectivity index (χ4n) is 3.37. The van der Waals surface area contributed by atoms with Crippen LogP contribution in [0.15, 0.2) is 24.3 Å². The van der Waals surface area contributed by atoms with Crippen LogP contribution in [0, 0.1) is 0 Å². The van der Waals surface area contributed by atoms with E-state index < -0.39 is 0 Å². The first-order chi connectivity index (χ1) is 11.8. The second-order valence-electron chi connectivity index (χ2n) is 6.71. The minimum Gasteiger partial charge on any atom is -0.376 e. The molecule has 0 aliphatic carbocycles. The first kappa shape index (κ1) is 20.2. The van der Waals surface area contributed by atoms with Gasteiger partial charge in [-0.3, -0.25) is 4.79 Å². The average molecular weight is 369 g/mol. The fraction of sp³-hybridized carbons (Fsp3) is 0.632. The molecule has 2 fully saturated rings. The molecular formula is C19H29ClN2O3. The quantitative estimate of drug-likeness (QED) is 0.867. The van der Waals surface area contributed by atoms with E-state index in [1.54, 1.807) is 0 Å². The van der Waals surface area contributed by atoms with Gasteiger partial charge in [0.25, 0.3) is 5.91 Å². The molecule has 2 saturated heterocycles. The molecular weight excluding hydrogens is 340 g/mol. The number of piperidine rings is 1. The molecule has 0 bridgehead atoms. The molecule has 0 aromatic heterocycles. The molecule has 140 valence electrons. The van der Waals surface area contributed by atoms with Crippen molar-refractivity contribution in [3.05, 3.63) is 35.4 Å². The van der Waals surface area contributed by atoms with E-state index in [-0.39, 0.29) is 30.5 Å². The molecule has 0 spiro atoms. The number of halogens is 1. The van der Waals surface area contributed by atoms with E-state index in [4.69, 9.17) is 15.2 Å². The zero-order chi connectivity index (χ0) is 16.8. The number of carbonyl (C=O) groups is 1. The maximum absolute atomic E-state index is 12.5. The first-order valence-electron chi connectivity index (χ1n) is 9.08. The third-order valence-corrected chi connectivity index (χ3v) is 4.96. The van der Waals surface area contributed by atoms with Crippen molar-refractivity contribution in [1.29, 1.82) is 0 Å². The standard InChI is InChI=1S/C19H28N2O3.ClH/c20-13-15-4-6-16(7-5-15)19(22)21-10-8-17(9-11-21)24-14-18-3-1-2-12-23-18;/h4-7,17-18H,1-3,8-14,20H2;1H. The Labute approximate surface area is 156 Å². The average Bonchev–Trinajstić information content (AvgIpc) is 2.67. The second-order valence-corrected chi connectivity index (χ2v) is 6.71. The number of likely N-dealkylation sites (tertiary alicyclic amines) is 1. The van der Waals surface area contributed by atoms with Gasteiger partial charge in [0.1, 0.15) is 0 Å². The van der Waals surface area contributed by atoms with Gasteiger partial charge >= 0.3 is 0 Å². The molecule has 2 heterocycles. The van der Waals surface area contributed by atoms with Crippen LogP contribution in [0.1, 0.15) is 48.0 Å². The van der Waals surface area contributed by atoms with Crippen LogP contribution in [-0.4, -0.2) is 49.3 Å². The zero-order valence-corrected chi connectivity index (χ0v) is 15.5. The van der Waals surface area contributed by atoms with Gasteiger partial charge in [-0.2, -0.15) is 0 Å². The number of rotatable bonds is 5. The molecule has 2 N–H and O–H groups in total. The van der Waals surface area contributed by atoms with E-state index in [0.717, 1.165) is 50.1 Å². The van der Waals surface area contributed by atoms with Crippen molar-refractivity contribution < 1.29 is 14.3 Å². The van der Waals surface area contributed by atoms with Gasteiger partial charge in [0.2, 0.25) is 0 Å². The summed E-state index contributed by atoms with van der Waals surface area (Å²) in [6.07, 6.45) is 5.83.